The van der Waals surface area contributed by atoms with Crippen molar-refractivity contribution >= 4 is 11.8 Å². The third kappa shape index (κ3) is 2.45. The summed E-state index contributed by atoms with van der Waals surface area (Å²) in [6.45, 7) is 2.02. The van der Waals surface area contributed by atoms with E-state index >= 15 is 0 Å². The molecular weight excluding hydrogens is 246 g/mol. The Balaban J connectivity index is 1.51. The van der Waals surface area contributed by atoms with Gasteiger partial charge in [0.15, 0.2) is 0 Å². The van der Waals surface area contributed by atoms with Gasteiger partial charge in [0, 0.05) is 37.1 Å². The van der Waals surface area contributed by atoms with Crippen LogP contribution in [0.3, 0.4) is 0 Å². The standard InChI is InChI=1S/C13H15N3OS/c14-6-10-5-12(1-3-15-10)17-13-7-16(8-13)11-2-4-18-9-11/h1,3,5,11,13H,2,4,7-9H2. The fraction of sp³-hybridized carbons (Fsp3) is 0.538. The van der Waals surface area contributed by atoms with Crippen LogP contribution in [0.1, 0.15) is 12.1 Å². The van der Waals surface area contributed by atoms with Crippen LogP contribution in [0.25, 0.3) is 0 Å². The van der Waals surface area contributed by atoms with E-state index in [2.05, 4.69) is 9.88 Å². The van der Waals surface area contributed by atoms with Gasteiger partial charge in [-0.25, -0.2) is 4.98 Å². The van der Waals surface area contributed by atoms with E-state index in [1.54, 1.807) is 12.3 Å². The molecule has 2 aliphatic heterocycles. The number of pyridine rings is 1. The average molecular weight is 261 g/mol. The van der Waals surface area contributed by atoms with E-state index < -0.39 is 0 Å². The van der Waals surface area contributed by atoms with E-state index in [1.165, 1.54) is 17.9 Å². The van der Waals surface area contributed by atoms with Gasteiger partial charge in [-0.2, -0.15) is 17.0 Å². The van der Waals surface area contributed by atoms with Gasteiger partial charge in [0.25, 0.3) is 0 Å². The van der Waals surface area contributed by atoms with Gasteiger partial charge in [-0.1, -0.05) is 0 Å². The Morgan fingerprint density at radius 2 is 2.39 bits per heavy atom. The molecule has 0 spiro atoms. The van der Waals surface area contributed by atoms with Crippen LogP contribution >= 0.6 is 11.8 Å². The highest BCUT2D eigenvalue weighted by Gasteiger charge is 2.35. The molecule has 1 unspecified atom stereocenters. The third-order valence-electron chi connectivity index (χ3n) is 3.45. The van der Waals surface area contributed by atoms with Gasteiger partial charge < -0.3 is 4.74 Å². The Hall–Kier alpha value is -1.25. The van der Waals surface area contributed by atoms with E-state index in [4.69, 9.17) is 10.00 Å². The molecule has 0 radical (unpaired) electrons. The van der Waals surface area contributed by atoms with Gasteiger partial charge in [0.2, 0.25) is 0 Å². The molecule has 2 fully saturated rings. The maximum atomic E-state index is 8.77. The summed E-state index contributed by atoms with van der Waals surface area (Å²) in [7, 11) is 0. The zero-order chi connectivity index (χ0) is 12.4. The molecule has 1 atom stereocenters. The predicted octanol–water partition coefficient (Wildman–Crippen LogP) is 1.52. The van der Waals surface area contributed by atoms with Gasteiger partial charge in [0.1, 0.15) is 23.6 Å². The lowest BCUT2D eigenvalue weighted by atomic mass is 10.1. The lowest BCUT2D eigenvalue weighted by Gasteiger charge is -2.42. The van der Waals surface area contributed by atoms with Gasteiger partial charge in [-0.05, 0) is 18.2 Å². The van der Waals surface area contributed by atoms with Crippen LogP contribution in [0, 0.1) is 11.3 Å². The molecule has 0 aliphatic carbocycles. The highest BCUT2D eigenvalue weighted by molar-refractivity contribution is 7.99. The van der Waals surface area contributed by atoms with Gasteiger partial charge in [-0.3, -0.25) is 4.90 Å². The lowest BCUT2D eigenvalue weighted by molar-refractivity contribution is -0.00250. The van der Waals surface area contributed by atoms with Gasteiger partial charge >= 0.3 is 0 Å². The fourth-order valence-electron chi connectivity index (χ4n) is 2.39. The molecule has 0 N–H and O–H groups in total. The van der Waals surface area contributed by atoms with Crippen molar-refractivity contribution in [3.05, 3.63) is 24.0 Å². The van der Waals surface area contributed by atoms with Crippen LogP contribution in [0.15, 0.2) is 18.3 Å². The summed E-state index contributed by atoms with van der Waals surface area (Å²) in [5, 5.41) is 8.77. The SMILES string of the molecule is N#Cc1cc(OC2CN(C3CCSC3)C2)ccn1. The molecule has 5 heteroatoms. The molecular formula is C13H15N3OS. The van der Waals surface area contributed by atoms with Crippen molar-refractivity contribution in [1.82, 2.24) is 9.88 Å². The third-order valence-corrected chi connectivity index (χ3v) is 4.59. The minimum absolute atomic E-state index is 0.268. The monoisotopic (exact) mass is 261 g/mol. The summed E-state index contributed by atoms with van der Waals surface area (Å²) in [5.74, 6) is 3.32. The Morgan fingerprint density at radius 3 is 3.11 bits per heavy atom. The second-order valence-electron chi connectivity index (χ2n) is 4.70. The summed E-state index contributed by atoms with van der Waals surface area (Å²) >= 11 is 2.04. The topological polar surface area (TPSA) is 49.1 Å². The van der Waals surface area contributed by atoms with E-state index in [1.807, 2.05) is 23.9 Å². The molecule has 2 saturated heterocycles. The van der Waals surface area contributed by atoms with Crippen molar-refractivity contribution in [3.8, 4) is 11.8 Å². The first-order valence-electron chi connectivity index (χ1n) is 6.20. The molecule has 0 bridgehead atoms. The van der Waals surface area contributed by atoms with Crippen molar-refractivity contribution in [2.24, 2.45) is 0 Å². The minimum atomic E-state index is 0.268. The predicted molar refractivity (Wildman–Crippen MR) is 70.7 cm³/mol. The first kappa shape index (κ1) is 11.8. The Kier molecular flexibility index (Phi) is 3.39. The average Bonchev–Trinajstić information content (AvgIpc) is 2.87. The van der Waals surface area contributed by atoms with E-state index in [0.717, 1.165) is 24.9 Å². The van der Waals surface area contributed by atoms with Crippen LogP contribution in [-0.2, 0) is 0 Å². The molecule has 3 heterocycles. The zero-order valence-corrected chi connectivity index (χ0v) is 10.9. The Labute approximate surface area is 111 Å². The van der Waals surface area contributed by atoms with Crippen LogP contribution in [-0.4, -0.2) is 46.6 Å². The van der Waals surface area contributed by atoms with Crippen molar-refractivity contribution in [1.29, 1.82) is 5.26 Å². The zero-order valence-electron chi connectivity index (χ0n) is 10.1. The molecule has 0 aromatic carbocycles. The van der Waals surface area contributed by atoms with Crippen LogP contribution in [0.5, 0.6) is 5.75 Å². The molecule has 94 valence electrons. The molecule has 4 nitrogen and oxygen atoms in total. The largest absolute Gasteiger partial charge is 0.488 e. The maximum absolute atomic E-state index is 8.77. The highest BCUT2D eigenvalue weighted by atomic mass is 32.2. The summed E-state index contributed by atoms with van der Waals surface area (Å²) in [4.78, 5) is 6.43. The van der Waals surface area contributed by atoms with E-state index in [-0.39, 0.29) is 6.10 Å². The van der Waals surface area contributed by atoms with Gasteiger partial charge in [0.05, 0.1) is 0 Å². The van der Waals surface area contributed by atoms with Crippen LogP contribution < -0.4 is 4.74 Å². The number of rotatable bonds is 3. The quantitative estimate of drug-likeness (QED) is 0.825. The fourth-order valence-corrected chi connectivity index (χ4v) is 3.65. The number of aromatic nitrogens is 1. The number of nitriles is 1. The number of hydrogen-bond acceptors (Lipinski definition) is 5. The number of likely N-dealkylation sites (tertiary alicyclic amines) is 1. The lowest BCUT2D eigenvalue weighted by Crippen LogP contribution is -2.57. The summed E-state index contributed by atoms with van der Waals surface area (Å²) in [6.07, 6.45) is 3.20. The number of thioether (sulfide) groups is 1. The van der Waals surface area contributed by atoms with E-state index in [0.29, 0.717) is 5.69 Å². The highest BCUT2D eigenvalue weighted by Crippen LogP contribution is 2.27. The second kappa shape index (κ2) is 5.17. The maximum Gasteiger partial charge on any atom is 0.144 e. The van der Waals surface area contributed by atoms with Crippen molar-refractivity contribution in [2.45, 2.75) is 18.6 Å². The van der Waals surface area contributed by atoms with Gasteiger partial charge in [-0.15, -0.1) is 0 Å². The van der Waals surface area contributed by atoms with Crippen molar-refractivity contribution in [3.63, 3.8) is 0 Å². The van der Waals surface area contributed by atoms with Crippen LogP contribution in [0.2, 0.25) is 0 Å². The summed E-state index contributed by atoms with van der Waals surface area (Å²) in [5.41, 5.74) is 0.413. The smallest absolute Gasteiger partial charge is 0.144 e. The Morgan fingerprint density at radius 1 is 1.50 bits per heavy atom. The normalized spacial score (nSPS) is 24.5. The first-order valence-corrected chi connectivity index (χ1v) is 7.35. The van der Waals surface area contributed by atoms with Crippen molar-refractivity contribution < 1.29 is 4.74 Å². The van der Waals surface area contributed by atoms with Crippen molar-refractivity contribution in [2.75, 3.05) is 24.6 Å². The molecule has 2 aliphatic rings. The molecule has 1 aromatic rings. The van der Waals surface area contributed by atoms with Crippen LogP contribution in [0.4, 0.5) is 0 Å². The number of ether oxygens (including phenoxy) is 1. The summed E-state index contributed by atoms with van der Waals surface area (Å²) in [6, 6.07) is 6.29. The molecule has 18 heavy (non-hydrogen) atoms. The minimum Gasteiger partial charge on any atom is -0.488 e. The second-order valence-corrected chi connectivity index (χ2v) is 5.85. The summed E-state index contributed by atoms with van der Waals surface area (Å²) < 4.78 is 5.84. The molecule has 0 saturated carbocycles. The number of hydrogen-bond donors (Lipinski definition) is 0. The molecule has 0 amide bonds. The first-order chi connectivity index (χ1) is 8.85. The molecule has 3 rings (SSSR count). The Bertz CT molecular complexity index is 462. The van der Waals surface area contributed by atoms with E-state index in [9.17, 15) is 0 Å². The molecule has 1 aromatic heterocycles. The number of nitrogens with zero attached hydrogens (tertiary/aromatic N) is 3.